The minimum atomic E-state index is -1.12. The number of nitrogens with one attached hydrogen (secondary N) is 1. The number of aliphatic carboxylic acids is 2. The molecule has 0 saturated carbocycles. The average molecular weight is 221 g/mol. The first kappa shape index (κ1) is 12.8. The van der Waals surface area contributed by atoms with Gasteiger partial charge in [0, 0.05) is 0 Å². The first-order valence-electron chi connectivity index (χ1n) is 3.80. The van der Waals surface area contributed by atoms with Crippen molar-refractivity contribution in [3.05, 3.63) is 0 Å². The Morgan fingerprint density at radius 2 is 2.07 bits per heavy atom. The summed E-state index contributed by atoms with van der Waals surface area (Å²) >= 11 is 1.11. The summed E-state index contributed by atoms with van der Waals surface area (Å²) in [6.07, 6.45) is 0.534. The van der Waals surface area contributed by atoms with Crippen molar-refractivity contribution in [2.45, 2.75) is 12.5 Å². The molecule has 3 N–H and O–H groups in total. The summed E-state index contributed by atoms with van der Waals surface area (Å²) in [5, 5.41) is 19.0. The van der Waals surface area contributed by atoms with E-state index < -0.39 is 18.0 Å². The molecule has 0 aromatic heterocycles. The van der Waals surface area contributed by atoms with Crippen LogP contribution in [0.4, 0.5) is 0 Å². The normalized spacial score (nSPS) is 11.7. The molecule has 0 aliphatic carbocycles. The predicted octanol–water partition coefficient (Wildman–Crippen LogP) is -0.607. The third kappa shape index (κ3) is 6.30. The molecule has 7 heteroatoms. The fraction of sp³-hybridized carbons (Fsp3) is 0.571. The summed E-state index contributed by atoms with van der Waals surface area (Å²) in [6.45, 7) is 0. The number of carboxylic acid groups (broad SMARTS) is 2. The minimum absolute atomic E-state index is 0.0621. The van der Waals surface area contributed by atoms with E-state index in [0.717, 1.165) is 11.8 Å². The lowest BCUT2D eigenvalue weighted by molar-refractivity contribution is -0.140. The summed E-state index contributed by atoms with van der Waals surface area (Å²) in [4.78, 5) is 30.6. The fourth-order valence-electron chi connectivity index (χ4n) is 0.721. The Balaban J connectivity index is 3.66. The van der Waals surface area contributed by atoms with Gasteiger partial charge in [0.15, 0.2) is 0 Å². The van der Waals surface area contributed by atoms with Crippen LogP contribution in [0.2, 0.25) is 0 Å². The minimum Gasteiger partial charge on any atom is -0.481 e. The van der Waals surface area contributed by atoms with Crippen LogP contribution in [0, 0.1) is 0 Å². The number of carboxylic acids is 2. The fourth-order valence-corrected chi connectivity index (χ4v) is 1.44. The van der Waals surface area contributed by atoms with Crippen molar-refractivity contribution in [1.82, 2.24) is 5.32 Å². The Kier molecular flexibility index (Phi) is 6.55. The van der Waals surface area contributed by atoms with Crippen molar-refractivity contribution in [2.24, 2.45) is 0 Å². The van der Waals surface area contributed by atoms with Crippen molar-refractivity contribution < 1.29 is 24.6 Å². The van der Waals surface area contributed by atoms with E-state index in [0.29, 0.717) is 12.2 Å². The molecule has 0 bridgehead atoms. The summed E-state index contributed by atoms with van der Waals surface area (Å²) in [6, 6.07) is -0.936. The van der Waals surface area contributed by atoms with Gasteiger partial charge < -0.3 is 15.5 Å². The highest BCUT2D eigenvalue weighted by atomic mass is 32.2. The second-order valence-corrected chi connectivity index (χ2v) is 3.52. The van der Waals surface area contributed by atoms with Gasteiger partial charge in [-0.3, -0.25) is 9.59 Å². The van der Waals surface area contributed by atoms with Crippen molar-refractivity contribution >= 4 is 30.1 Å². The van der Waals surface area contributed by atoms with Gasteiger partial charge in [0.1, 0.15) is 6.04 Å². The number of amides is 1. The van der Waals surface area contributed by atoms with Crippen LogP contribution in [0.3, 0.4) is 0 Å². The van der Waals surface area contributed by atoms with Gasteiger partial charge in [-0.25, -0.2) is 4.79 Å². The van der Waals surface area contributed by atoms with Crippen LogP contribution in [0.15, 0.2) is 0 Å². The average Bonchev–Trinajstić information content (AvgIpc) is 2.09. The number of hydrogen-bond acceptors (Lipinski definition) is 4. The Bertz CT molecular complexity index is 220. The third-order valence-corrected chi connectivity index (χ3v) is 2.32. The molecule has 0 aromatic rings. The van der Waals surface area contributed by atoms with Crippen LogP contribution in [-0.2, 0) is 14.4 Å². The molecule has 1 unspecified atom stereocenters. The van der Waals surface area contributed by atoms with Crippen LogP contribution >= 0.6 is 11.8 Å². The maximum atomic E-state index is 10.5. The van der Waals surface area contributed by atoms with Gasteiger partial charge in [0.25, 0.3) is 0 Å². The van der Waals surface area contributed by atoms with E-state index in [9.17, 15) is 14.4 Å². The largest absolute Gasteiger partial charge is 0.481 e. The number of hydrogen-bond donors (Lipinski definition) is 3. The lowest BCUT2D eigenvalue weighted by Crippen LogP contribution is -2.36. The lowest BCUT2D eigenvalue weighted by atomic mass is 10.2. The lowest BCUT2D eigenvalue weighted by Gasteiger charge is -2.09. The molecule has 0 aromatic carbocycles. The second-order valence-electron chi connectivity index (χ2n) is 2.41. The molecular weight excluding hydrogens is 210 g/mol. The molecule has 1 amide bonds. The van der Waals surface area contributed by atoms with E-state index >= 15 is 0 Å². The van der Waals surface area contributed by atoms with Gasteiger partial charge in [-0.15, -0.1) is 0 Å². The zero-order valence-electron chi connectivity index (χ0n) is 7.30. The first-order chi connectivity index (χ1) is 6.57. The first-order valence-corrected chi connectivity index (χ1v) is 4.95. The number of carbonyl (C=O) groups excluding carboxylic acids is 1. The van der Waals surface area contributed by atoms with Gasteiger partial charge >= 0.3 is 11.9 Å². The molecule has 0 heterocycles. The summed E-state index contributed by atoms with van der Waals surface area (Å²) in [5.74, 6) is -1.74. The molecular formula is C7H11NO5S. The number of carbonyl (C=O) groups is 3. The Hall–Kier alpha value is -1.24. The van der Waals surface area contributed by atoms with Crippen molar-refractivity contribution in [3.63, 3.8) is 0 Å². The van der Waals surface area contributed by atoms with E-state index in [-0.39, 0.29) is 12.2 Å². The predicted molar refractivity (Wildman–Crippen MR) is 50.2 cm³/mol. The van der Waals surface area contributed by atoms with Crippen molar-refractivity contribution in [1.29, 1.82) is 0 Å². The van der Waals surface area contributed by atoms with E-state index in [1.807, 2.05) is 0 Å². The van der Waals surface area contributed by atoms with Gasteiger partial charge in [-0.1, -0.05) is 0 Å². The quantitative estimate of drug-likeness (QED) is 0.373. The zero-order valence-corrected chi connectivity index (χ0v) is 8.12. The summed E-state index contributed by atoms with van der Waals surface area (Å²) in [7, 11) is 0. The molecule has 0 saturated heterocycles. The molecule has 0 fully saturated rings. The Labute approximate surface area is 84.7 Å². The van der Waals surface area contributed by atoms with Gasteiger partial charge in [-0.05, 0) is 12.2 Å². The molecule has 0 aliphatic heterocycles. The van der Waals surface area contributed by atoms with Crippen LogP contribution in [0.25, 0.3) is 0 Å². The number of rotatable bonds is 8. The maximum absolute atomic E-state index is 10.5. The molecule has 1 atom stereocenters. The van der Waals surface area contributed by atoms with Crippen LogP contribution in [0.5, 0.6) is 0 Å². The van der Waals surface area contributed by atoms with E-state index in [1.54, 1.807) is 0 Å². The molecule has 0 spiro atoms. The standard InChI is InChI=1S/C7H11NO5S/c9-4-8-5(7(12)13)1-2-14-3-6(10)11/h4-5H,1-3H2,(H,8,9)(H,10,11)(H,12,13). The smallest absolute Gasteiger partial charge is 0.326 e. The number of thioether (sulfide) groups is 1. The van der Waals surface area contributed by atoms with Crippen LogP contribution < -0.4 is 5.32 Å². The zero-order chi connectivity index (χ0) is 11.0. The van der Waals surface area contributed by atoms with E-state index in [2.05, 4.69) is 5.32 Å². The molecule has 80 valence electrons. The Morgan fingerprint density at radius 3 is 2.50 bits per heavy atom. The molecule has 6 nitrogen and oxygen atoms in total. The summed E-state index contributed by atoms with van der Waals surface area (Å²) in [5.41, 5.74) is 0. The van der Waals surface area contributed by atoms with E-state index in [4.69, 9.17) is 10.2 Å². The van der Waals surface area contributed by atoms with Gasteiger partial charge in [0.2, 0.25) is 6.41 Å². The molecule has 0 rings (SSSR count). The Morgan fingerprint density at radius 1 is 1.43 bits per heavy atom. The molecule has 14 heavy (non-hydrogen) atoms. The monoisotopic (exact) mass is 221 g/mol. The third-order valence-electron chi connectivity index (χ3n) is 1.34. The van der Waals surface area contributed by atoms with Gasteiger partial charge in [0.05, 0.1) is 5.75 Å². The maximum Gasteiger partial charge on any atom is 0.326 e. The topological polar surface area (TPSA) is 104 Å². The highest BCUT2D eigenvalue weighted by Gasteiger charge is 2.15. The second kappa shape index (κ2) is 7.19. The van der Waals surface area contributed by atoms with Crippen molar-refractivity contribution in [3.8, 4) is 0 Å². The SMILES string of the molecule is O=CNC(CCSCC(=O)O)C(=O)O. The van der Waals surface area contributed by atoms with E-state index in [1.165, 1.54) is 0 Å². The van der Waals surface area contributed by atoms with Crippen LogP contribution in [0.1, 0.15) is 6.42 Å². The highest BCUT2D eigenvalue weighted by molar-refractivity contribution is 7.99. The molecule has 0 radical (unpaired) electrons. The van der Waals surface area contributed by atoms with Gasteiger partial charge in [-0.2, -0.15) is 11.8 Å². The highest BCUT2D eigenvalue weighted by Crippen LogP contribution is 2.04. The van der Waals surface area contributed by atoms with Crippen molar-refractivity contribution in [2.75, 3.05) is 11.5 Å². The molecule has 0 aliphatic rings. The summed E-state index contributed by atoms with van der Waals surface area (Å²) < 4.78 is 0. The van der Waals surface area contributed by atoms with Crippen LogP contribution in [-0.4, -0.2) is 46.1 Å².